The SMILES string of the molecule is COCCNCC1CCN(Cc2csc(C)n2)CC1. The highest BCUT2D eigenvalue weighted by Crippen LogP contribution is 2.19. The van der Waals surface area contributed by atoms with E-state index in [0.29, 0.717) is 0 Å². The first kappa shape index (κ1) is 14.9. The molecule has 1 N–H and O–H groups in total. The van der Waals surface area contributed by atoms with E-state index >= 15 is 0 Å². The van der Waals surface area contributed by atoms with Crippen molar-refractivity contribution in [3.63, 3.8) is 0 Å². The second-order valence-corrected chi connectivity index (χ2v) is 6.34. The van der Waals surface area contributed by atoms with Crippen molar-refractivity contribution in [3.8, 4) is 0 Å². The third-order valence-corrected chi connectivity index (χ3v) is 4.50. The lowest BCUT2D eigenvalue weighted by atomic mass is 9.97. The van der Waals surface area contributed by atoms with Crippen LogP contribution in [-0.2, 0) is 11.3 Å². The maximum absolute atomic E-state index is 5.04. The van der Waals surface area contributed by atoms with Gasteiger partial charge in [0.1, 0.15) is 0 Å². The molecule has 0 unspecified atom stereocenters. The first-order valence-electron chi connectivity index (χ1n) is 7.11. The summed E-state index contributed by atoms with van der Waals surface area (Å²) in [6, 6.07) is 0. The predicted molar refractivity (Wildman–Crippen MR) is 79.6 cm³/mol. The van der Waals surface area contributed by atoms with Gasteiger partial charge in [-0.15, -0.1) is 11.3 Å². The Morgan fingerprint density at radius 1 is 1.47 bits per heavy atom. The molecule has 0 radical (unpaired) electrons. The number of piperidine rings is 1. The summed E-state index contributed by atoms with van der Waals surface area (Å²) in [4.78, 5) is 7.07. The molecule has 1 aliphatic heterocycles. The van der Waals surface area contributed by atoms with Gasteiger partial charge in [-0.2, -0.15) is 0 Å². The molecule has 5 heteroatoms. The second kappa shape index (κ2) is 7.94. The molecule has 1 aromatic rings. The van der Waals surface area contributed by atoms with Crippen molar-refractivity contribution in [2.24, 2.45) is 5.92 Å². The zero-order valence-corrected chi connectivity index (χ0v) is 12.8. The van der Waals surface area contributed by atoms with Gasteiger partial charge in [-0.3, -0.25) is 4.90 Å². The molecule has 0 bridgehead atoms. The van der Waals surface area contributed by atoms with Gasteiger partial charge in [0.15, 0.2) is 0 Å². The van der Waals surface area contributed by atoms with Gasteiger partial charge in [-0.25, -0.2) is 4.98 Å². The zero-order chi connectivity index (χ0) is 13.5. The van der Waals surface area contributed by atoms with E-state index in [0.717, 1.165) is 32.2 Å². The molecule has 0 aliphatic carbocycles. The van der Waals surface area contributed by atoms with Crippen molar-refractivity contribution in [1.82, 2.24) is 15.2 Å². The number of hydrogen-bond acceptors (Lipinski definition) is 5. The van der Waals surface area contributed by atoms with Crippen LogP contribution in [-0.4, -0.2) is 49.8 Å². The van der Waals surface area contributed by atoms with E-state index in [1.165, 1.54) is 36.6 Å². The Labute approximate surface area is 120 Å². The number of nitrogens with one attached hydrogen (secondary N) is 1. The number of thiazole rings is 1. The lowest BCUT2D eigenvalue weighted by molar-refractivity contribution is 0.167. The summed E-state index contributed by atoms with van der Waals surface area (Å²) < 4.78 is 5.04. The molecule has 1 saturated heterocycles. The highest BCUT2D eigenvalue weighted by Gasteiger charge is 2.19. The van der Waals surface area contributed by atoms with Crippen LogP contribution in [0.1, 0.15) is 23.5 Å². The fraction of sp³-hybridized carbons (Fsp3) is 0.786. The summed E-state index contributed by atoms with van der Waals surface area (Å²) in [5, 5.41) is 6.83. The summed E-state index contributed by atoms with van der Waals surface area (Å²) in [6.45, 7) is 8.41. The third-order valence-electron chi connectivity index (χ3n) is 3.68. The number of nitrogens with zero attached hydrogens (tertiary/aromatic N) is 2. The molecule has 0 atom stereocenters. The number of likely N-dealkylation sites (tertiary alicyclic amines) is 1. The van der Waals surface area contributed by atoms with Crippen LogP contribution in [0.2, 0.25) is 0 Å². The molecule has 1 aliphatic rings. The Morgan fingerprint density at radius 2 is 2.26 bits per heavy atom. The Hall–Kier alpha value is -0.490. The molecule has 4 nitrogen and oxygen atoms in total. The number of rotatable bonds is 7. The number of aryl methyl sites for hydroxylation is 1. The Morgan fingerprint density at radius 3 is 2.89 bits per heavy atom. The number of aromatic nitrogens is 1. The molecule has 0 saturated carbocycles. The molecular weight excluding hydrogens is 258 g/mol. The van der Waals surface area contributed by atoms with Crippen LogP contribution >= 0.6 is 11.3 Å². The highest BCUT2D eigenvalue weighted by atomic mass is 32.1. The second-order valence-electron chi connectivity index (χ2n) is 5.27. The van der Waals surface area contributed by atoms with E-state index in [1.807, 2.05) is 0 Å². The van der Waals surface area contributed by atoms with E-state index in [1.54, 1.807) is 18.4 Å². The predicted octanol–water partition coefficient (Wildman–Crippen LogP) is 1.90. The van der Waals surface area contributed by atoms with Crippen LogP contribution in [0.5, 0.6) is 0 Å². The van der Waals surface area contributed by atoms with Crippen LogP contribution in [0.4, 0.5) is 0 Å². The molecule has 0 spiro atoms. The molecule has 108 valence electrons. The maximum Gasteiger partial charge on any atom is 0.0897 e. The summed E-state index contributed by atoms with van der Waals surface area (Å²) in [5.74, 6) is 0.824. The number of ether oxygens (including phenoxy) is 1. The summed E-state index contributed by atoms with van der Waals surface area (Å²) >= 11 is 1.75. The fourth-order valence-corrected chi connectivity index (χ4v) is 3.14. The summed E-state index contributed by atoms with van der Waals surface area (Å²) in [6.07, 6.45) is 2.59. The average molecular weight is 283 g/mol. The standard InChI is InChI=1S/C14H25N3OS/c1-12-16-14(11-19-12)10-17-6-3-13(4-7-17)9-15-5-8-18-2/h11,13,15H,3-10H2,1-2H3. The van der Waals surface area contributed by atoms with Gasteiger partial charge in [-0.05, 0) is 45.3 Å². The van der Waals surface area contributed by atoms with Gasteiger partial charge in [0, 0.05) is 25.6 Å². The van der Waals surface area contributed by atoms with Crippen LogP contribution in [0, 0.1) is 12.8 Å². The lowest BCUT2D eigenvalue weighted by Gasteiger charge is -2.31. The minimum Gasteiger partial charge on any atom is -0.383 e. The maximum atomic E-state index is 5.04. The van der Waals surface area contributed by atoms with Gasteiger partial charge in [0.2, 0.25) is 0 Å². The topological polar surface area (TPSA) is 37.4 Å². The first-order chi connectivity index (χ1) is 9.28. The highest BCUT2D eigenvalue weighted by molar-refractivity contribution is 7.09. The van der Waals surface area contributed by atoms with Gasteiger partial charge in [0.25, 0.3) is 0 Å². The minimum atomic E-state index is 0.808. The van der Waals surface area contributed by atoms with Crippen LogP contribution < -0.4 is 5.32 Å². The van der Waals surface area contributed by atoms with Crippen molar-refractivity contribution in [3.05, 3.63) is 16.1 Å². The van der Waals surface area contributed by atoms with E-state index in [-0.39, 0.29) is 0 Å². The van der Waals surface area contributed by atoms with Crippen molar-refractivity contribution in [2.75, 3.05) is 39.9 Å². The summed E-state index contributed by atoms with van der Waals surface area (Å²) in [5.41, 5.74) is 1.24. The molecule has 2 rings (SSSR count). The van der Waals surface area contributed by atoms with Crippen LogP contribution in [0.3, 0.4) is 0 Å². The molecule has 1 fully saturated rings. The number of methoxy groups -OCH3 is 1. The zero-order valence-electron chi connectivity index (χ0n) is 12.0. The van der Waals surface area contributed by atoms with E-state index in [4.69, 9.17) is 4.74 Å². The lowest BCUT2D eigenvalue weighted by Crippen LogP contribution is -2.37. The van der Waals surface area contributed by atoms with E-state index in [9.17, 15) is 0 Å². The van der Waals surface area contributed by atoms with Crippen molar-refractivity contribution in [2.45, 2.75) is 26.3 Å². The average Bonchev–Trinajstić information content (AvgIpc) is 2.82. The van der Waals surface area contributed by atoms with Crippen molar-refractivity contribution in [1.29, 1.82) is 0 Å². The molecule has 2 heterocycles. The van der Waals surface area contributed by atoms with Crippen LogP contribution in [0.25, 0.3) is 0 Å². The van der Waals surface area contributed by atoms with E-state index < -0.39 is 0 Å². The van der Waals surface area contributed by atoms with Crippen LogP contribution in [0.15, 0.2) is 5.38 Å². The number of hydrogen-bond donors (Lipinski definition) is 1. The smallest absolute Gasteiger partial charge is 0.0897 e. The molecule has 0 aromatic carbocycles. The minimum absolute atomic E-state index is 0.808. The molecule has 19 heavy (non-hydrogen) atoms. The van der Waals surface area contributed by atoms with Gasteiger partial charge >= 0.3 is 0 Å². The van der Waals surface area contributed by atoms with Gasteiger partial charge in [-0.1, -0.05) is 0 Å². The van der Waals surface area contributed by atoms with Gasteiger partial charge < -0.3 is 10.1 Å². The normalized spacial score (nSPS) is 18.0. The third kappa shape index (κ3) is 5.18. The largest absolute Gasteiger partial charge is 0.383 e. The Bertz CT molecular complexity index is 361. The molecular formula is C14H25N3OS. The quantitative estimate of drug-likeness (QED) is 0.776. The Balaban J connectivity index is 1.62. The Kier molecular flexibility index (Phi) is 6.23. The molecule has 0 amide bonds. The van der Waals surface area contributed by atoms with Gasteiger partial charge in [0.05, 0.1) is 17.3 Å². The first-order valence-corrected chi connectivity index (χ1v) is 7.99. The molecule has 1 aromatic heterocycles. The van der Waals surface area contributed by atoms with E-state index in [2.05, 4.69) is 27.5 Å². The summed E-state index contributed by atoms with van der Waals surface area (Å²) in [7, 11) is 1.75. The van der Waals surface area contributed by atoms with Crippen molar-refractivity contribution < 1.29 is 4.74 Å². The monoisotopic (exact) mass is 283 g/mol. The fourth-order valence-electron chi connectivity index (χ4n) is 2.54. The van der Waals surface area contributed by atoms with Crippen molar-refractivity contribution >= 4 is 11.3 Å².